The lowest BCUT2D eigenvalue weighted by molar-refractivity contribution is 0.596. The molecule has 2 aromatic rings. The number of anilines is 1. The minimum absolute atomic E-state index is 0.446. The Morgan fingerprint density at radius 3 is 3.00 bits per heavy atom. The van der Waals surface area contributed by atoms with E-state index in [2.05, 4.69) is 20.4 Å². The summed E-state index contributed by atoms with van der Waals surface area (Å²) in [5.74, 6) is 0.557. The van der Waals surface area contributed by atoms with Gasteiger partial charge in [0.25, 0.3) is 0 Å². The highest BCUT2D eigenvalue weighted by Crippen LogP contribution is 2.18. The van der Waals surface area contributed by atoms with Crippen molar-refractivity contribution in [3.05, 3.63) is 44.7 Å². The van der Waals surface area contributed by atoms with E-state index >= 15 is 0 Å². The molecule has 0 saturated carbocycles. The zero-order valence-corrected chi connectivity index (χ0v) is 11.3. The van der Waals surface area contributed by atoms with Crippen molar-refractivity contribution in [3.63, 3.8) is 0 Å². The monoisotopic (exact) mass is 279 g/mol. The molecule has 100 valence electrons. The van der Waals surface area contributed by atoms with Gasteiger partial charge in [0.2, 0.25) is 0 Å². The Hall–Kier alpha value is -2.09. The molecule has 2 rings (SSSR count). The van der Waals surface area contributed by atoms with Gasteiger partial charge in [-0.15, -0.1) is 0 Å². The number of hydrogen-bond acceptors (Lipinski definition) is 6. The smallest absolute Gasteiger partial charge is 0.339 e. The fraction of sp³-hybridized carbons (Fsp3) is 0.273. The molecule has 7 nitrogen and oxygen atoms in total. The fourth-order valence-corrected chi connectivity index (χ4v) is 2.26. The van der Waals surface area contributed by atoms with Crippen molar-refractivity contribution in [1.29, 1.82) is 0 Å². The van der Waals surface area contributed by atoms with E-state index < -0.39 is 11.1 Å². The van der Waals surface area contributed by atoms with Crippen LogP contribution in [0.2, 0.25) is 0 Å². The van der Waals surface area contributed by atoms with E-state index in [4.69, 9.17) is 0 Å². The number of nitrogens with zero attached hydrogens (tertiary/aromatic N) is 3. The van der Waals surface area contributed by atoms with Crippen molar-refractivity contribution in [2.75, 3.05) is 12.4 Å². The van der Waals surface area contributed by atoms with Gasteiger partial charge in [0.1, 0.15) is 0 Å². The van der Waals surface area contributed by atoms with Crippen molar-refractivity contribution in [2.45, 2.75) is 10.9 Å². The Kier molecular flexibility index (Phi) is 4.00. The fourth-order valence-electron chi connectivity index (χ4n) is 1.44. The van der Waals surface area contributed by atoms with Crippen LogP contribution in [-0.4, -0.2) is 26.8 Å². The molecule has 8 heteroatoms. The van der Waals surface area contributed by atoms with Crippen molar-refractivity contribution in [2.24, 2.45) is 7.05 Å². The molecule has 2 heterocycles. The van der Waals surface area contributed by atoms with Gasteiger partial charge in [-0.3, -0.25) is 24.4 Å². The zero-order chi connectivity index (χ0) is 13.8. The van der Waals surface area contributed by atoms with Gasteiger partial charge in [0.05, 0.1) is 5.69 Å². The van der Waals surface area contributed by atoms with Gasteiger partial charge in [-0.25, -0.2) is 0 Å². The first-order valence-corrected chi connectivity index (χ1v) is 6.51. The second kappa shape index (κ2) is 5.70. The van der Waals surface area contributed by atoms with Crippen LogP contribution in [0.3, 0.4) is 0 Å². The number of hydrogen-bond donors (Lipinski definition) is 2. The Bertz CT molecular complexity index is 694. The summed E-state index contributed by atoms with van der Waals surface area (Å²) in [6.45, 7) is 0. The summed E-state index contributed by atoms with van der Waals surface area (Å²) in [7, 11) is 3.47. The quantitative estimate of drug-likeness (QED) is 0.613. The molecule has 0 aromatic carbocycles. The number of rotatable bonds is 4. The molecule has 0 aliphatic rings. The molecule has 0 aliphatic heterocycles. The van der Waals surface area contributed by atoms with Crippen LogP contribution in [0.5, 0.6) is 0 Å². The first-order chi connectivity index (χ1) is 9.10. The van der Waals surface area contributed by atoms with Crippen molar-refractivity contribution in [3.8, 4) is 0 Å². The van der Waals surface area contributed by atoms with E-state index in [1.807, 2.05) is 19.2 Å². The highest BCUT2D eigenvalue weighted by Gasteiger charge is 2.05. The van der Waals surface area contributed by atoms with E-state index in [1.165, 1.54) is 16.4 Å². The molecule has 2 aromatic heterocycles. The number of pyridine rings is 1. The zero-order valence-electron chi connectivity index (χ0n) is 10.5. The maximum atomic E-state index is 11.2. The van der Waals surface area contributed by atoms with Crippen LogP contribution in [0.25, 0.3) is 0 Å². The summed E-state index contributed by atoms with van der Waals surface area (Å²) in [5, 5.41) is 5.87. The van der Waals surface area contributed by atoms with Crippen molar-refractivity contribution in [1.82, 2.24) is 19.7 Å². The van der Waals surface area contributed by atoms with Crippen LogP contribution in [-0.2, 0) is 12.8 Å². The van der Waals surface area contributed by atoms with Crippen LogP contribution in [0.4, 0.5) is 5.69 Å². The van der Waals surface area contributed by atoms with E-state index in [1.54, 1.807) is 13.2 Å². The molecular formula is C11H13N5O2S. The van der Waals surface area contributed by atoms with Crippen molar-refractivity contribution >= 4 is 17.4 Å². The number of H-pyrrole nitrogens is 1. The van der Waals surface area contributed by atoms with Gasteiger partial charge >= 0.3 is 11.1 Å². The number of aromatic amines is 1. The minimum Gasteiger partial charge on any atom is -0.388 e. The Morgan fingerprint density at radius 2 is 2.26 bits per heavy atom. The Balaban J connectivity index is 2.16. The number of aryl methyl sites for hydroxylation is 1. The van der Waals surface area contributed by atoms with Gasteiger partial charge in [-0.1, -0.05) is 11.8 Å². The average Bonchev–Trinajstić information content (AvgIpc) is 2.41. The number of aromatic nitrogens is 4. The number of thioether (sulfide) groups is 1. The van der Waals surface area contributed by atoms with Crippen LogP contribution in [0, 0.1) is 0 Å². The molecule has 2 N–H and O–H groups in total. The third kappa shape index (κ3) is 3.22. The normalized spacial score (nSPS) is 10.4. The second-order valence-corrected chi connectivity index (χ2v) is 4.72. The lowest BCUT2D eigenvalue weighted by atomic mass is 10.3. The molecule has 0 saturated heterocycles. The van der Waals surface area contributed by atoms with Crippen molar-refractivity contribution < 1.29 is 0 Å². The highest BCUT2D eigenvalue weighted by atomic mass is 32.2. The number of nitrogens with one attached hydrogen (secondary N) is 2. The molecule has 0 unspecified atom stereocenters. The first kappa shape index (κ1) is 13.3. The van der Waals surface area contributed by atoms with E-state index in [0.29, 0.717) is 10.9 Å². The maximum absolute atomic E-state index is 11.2. The van der Waals surface area contributed by atoms with Gasteiger partial charge in [-0.05, 0) is 12.1 Å². The summed E-state index contributed by atoms with van der Waals surface area (Å²) in [5.41, 5.74) is 0.325. The Morgan fingerprint density at radius 1 is 1.47 bits per heavy atom. The molecule has 0 atom stereocenters. The lowest BCUT2D eigenvalue weighted by Crippen LogP contribution is -2.33. The molecule has 0 bridgehead atoms. The lowest BCUT2D eigenvalue weighted by Gasteiger charge is -2.06. The topological polar surface area (TPSA) is 92.7 Å². The first-order valence-electron chi connectivity index (χ1n) is 5.53. The highest BCUT2D eigenvalue weighted by molar-refractivity contribution is 7.98. The predicted molar refractivity (Wildman–Crippen MR) is 73.4 cm³/mol. The van der Waals surface area contributed by atoms with Crippen LogP contribution < -0.4 is 16.4 Å². The molecule has 0 fully saturated rings. The summed E-state index contributed by atoms with van der Waals surface area (Å²) >= 11 is 1.33. The van der Waals surface area contributed by atoms with Gasteiger partial charge in [0.15, 0.2) is 5.16 Å². The predicted octanol–water partition coefficient (Wildman–Crippen LogP) is 0.198. The minimum atomic E-state index is -0.780. The average molecular weight is 279 g/mol. The standard InChI is InChI=1S/C11H13N5O2S/c1-12-7-3-4-13-8(5-7)6-19-11-14-9(17)10(18)15-16(11)2/h3-5H,6H2,1-2H3,(H,12,13)(H,15,18). The van der Waals surface area contributed by atoms with Crippen LogP contribution >= 0.6 is 11.8 Å². The summed E-state index contributed by atoms with van der Waals surface area (Å²) in [4.78, 5) is 30.2. The second-order valence-electron chi connectivity index (χ2n) is 3.77. The van der Waals surface area contributed by atoms with Gasteiger partial charge in [-0.2, -0.15) is 4.98 Å². The molecule has 0 spiro atoms. The third-order valence-electron chi connectivity index (χ3n) is 2.40. The van der Waals surface area contributed by atoms with Crippen LogP contribution in [0.15, 0.2) is 33.1 Å². The van der Waals surface area contributed by atoms with Gasteiger partial charge < -0.3 is 5.32 Å². The molecular weight excluding hydrogens is 266 g/mol. The van der Waals surface area contributed by atoms with E-state index in [9.17, 15) is 9.59 Å². The molecule has 0 radical (unpaired) electrons. The van der Waals surface area contributed by atoms with E-state index in [0.717, 1.165) is 11.4 Å². The molecule has 0 amide bonds. The largest absolute Gasteiger partial charge is 0.388 e. The molecule has 0 aliphatic carbocycles. The molecule has 19 heavy (non-hydrogen) atoms. The maximum Gasteiger partial charge on any atom is 0.339 e. The third-order valence-corrected chi connectivity index (χ3v) is 3.47. The van der Waals surface area contributed by atoms with Crippen LogP contribution in [0.1, 0.15) is 5.69 Å². The SMILES string of the molecule is CNc1ccnc(CSc2nc(=O)c(=O)[nH]n2C)c1. The van der Waals surface area contributed by atoms with E-state index in [-0.39, 0.29) is 0 Å². The summed E-state index contributed by atoms with van der Waals surface area (Å²) in [6.07, 6.45) is 1.71. The summed E-state index contributed by atoms with van der Waals surface area (Å²) < 4.78 is 1.43. The van der Waals surface area contributed by atoms with Gasteiger partial charge in [0, 0.05) is 31.7 Å². The Labute approximate surface area is 113 Å². The summed E-state index contributed by atoms with van der Waals surface area (Å²) in [6, 6.07) is 3.78.